The van der Waals surface area contributed by atoms with Gasteiger partial charge in [-0.05, 0) is 41.8 Å². The van der Waals surface area contributed by atoms with Gasteiger partial charge in [-0.15, -0.1) is 0 Å². The summed E-state index contributed by atoms with van der Waals surface area (Å²) in [5.41, 5.74) is 3.95. The summed E-state index contributed by atoms with van der Waals surface area (Å²) in [5, 5.41) is 3.09. The minimum atomic E-state index is -0.428. The standard InChI is InChI=1S/C27H27NO5/c1-32-27(31)24-13-11-23(12-14-24)25(29)17-21-9-7-20(8-10-21)15-16-28-18-26(30)33-19-22-5-3-2-4-6-22/h2-14,28H,15-19H2,1H3. The summed E-state index contributed by atoms with van der Waals surface area (Å²) >= 11 is 0. The van der Waals surface area contributed by atoms with E-state index in [0.29, 0.717) is 17.7 Å². The van der Waals surface area contributed by atoms with Crippen molar-refractivity contribution in [1.29, 1.82) is 0 Å². The first kappa shape index (κ1) is 23.9. The SMILES string of the molecule is COC(=O)c1ccc(C(=O)Cc2ccc(CCNCC(=O)OCc3ccccc3)cc2)cc1. The van der Waals surface area contributed by atoms with Gasteiger partial charge in [0.05, 0.1) is 19.2 Å². The lowest BCUT2D eigenvalue weighted by atomic mass is 10.0. The summed E-state index contributed by atoms with van der Waals surface area (Å²) in [4.78, 5) is 35.8. The van der Waals surface area contributed by atoms with E-state index in [-0.39, 0.29) is 31.3 Å². The van der Waals surface area contributed by atoms with Gasteiger partial charge in [0.25, 0.3) is 0 Å². The molecule has 0 fully saturated rings. The Morgan fingerprint density at radius 2 is 1.39 bits per heavy atom. The van der Waals surface area contributed by atoms with E-state index in [2.05, 4.69) is 10.1 Å². The van der Waals surface area contributed by atoms with Crippen LogP contribution in [0.2, 0.25) is 0 Å². The number of esters is 2. The second-order valence-electron chi connectivity index (χ2n) is 7.56. The lowest BCUT2D eigenvalue weighted by Crippen LogP contribution is -2.26. The lowest BCUT2D eigenvalue weighted by molar-refractivity contribution is -0.143. The zero-order valence-electron chi connectivity index (χ0n) is 18.6. The minimum absolute atomic E-state index is 0.0187. The lowest BCUT2D eigenvalue weighted by Gasteiger charge is -2.07. The number of carbonyl (C=O) groups excluding carboxylic acids is 3. The van der Waals surface area contributed by atoms with Crippen LogP contribution in [-0.2, 0) is 33.7 Å². The number of ether oxygens (including phenoxy) is 2. The van der Waals surface area contributed by atoms with Gasteiger partial charge in [0.2, 0.25) is 0 Å². The number of hydrogen-bond donors (Lipinski definition) is 1. The van der Waals surface area contributed by atoms with Crippen LogP contribution in [-0.4, -0.2) is 37.9 Å². The van der Waals surface area contributed by atoms with Crippen LogP contribution >= 0.6 is 0 Å². The van der Waals surface area contributed by atoms with E-state index in [1.54, 1.807) is 24.3 Å². The van der Waals surface area contributed by atoms with Gasteiger partial charge in [0.1, 0.15) is 6.61 Å². The van der Waals surface area contributed by atoms with Gasteiger partial charge in [-0.2, -0.15) is 0 Å². The third-order valence-corrected chi connectivity index (χ3v) is 5.12. The number of hydrogen-bond acceptors (Lipinski definition) is 6. The van der Waals surface area contributed by atoms with E-state index in [9.17, 15) is 14.4 Å². The Morgan fingerprint density at radius 1 is 0.758 bits per heavy atom. The molecule has 0 aliphatic heterocycles. The Bertz CT molecular complexity index is 1060. The molecule has 0 bridgehead atoms. The molecule has 0 radical (unpaired) electrons. The topological polar surface area (TPSA) is 81.7 Å². The fourth-order valence-electron chi connectivity index (χ4n) is 3.23. The van der Waals surface area contributed by atoms with Crippen LogP contribution in [0.15, 0.2) is 78.9 Å². The summed E-state index contributed by atoms with van der Waals surface area (Å²) in [5.74, 6) is -0.731. The molecule has 0 saturated carbocycles. The molecule has 3 rings (SSSR count). The van der Waals surface area contributed by atoms with Crippen molar-refractivity contribution in [2.75, 3.05) is 20.2 Å². The Kier molecular flexibility index (Phi) is 8.91. The van der Waals surface area contributed by atoms with Gasteiger partial charge in [0.15, 0.2) is 5.78 Å². The Hall–Kier alpha value is -3.77. The van der Waals surface area contributed by atoms with E-state index >= 15 is 0 Å². The molecule has 0 aliphatic carbocycles. The largest absolute Gasteiger partial charge is 0.465 e. The summed E-state index contributed by atoms with van der Waals surface area (Å²) in [6.07, 6.45) is 1.04. The highest BCUT2D eigenvalue weighted by molar-refractivity contribution is 5.98. The van der Waals surface area contributed by atoms with Crippen molar-refractivity contribution in [3.05, 3.63) is 107 Å². The third-order valence-electron chi connectivity index (χ3n) is 5.12. The first-order valence-corrected chi connectivity index (χ1v) is 10.7. The number of Topliss-reactive ketones (excluding diaryl/α,β-unsaturated/α-hetero) is 1. The summed E-state index contributed by atoms with van der Waals surface area (Å²) in [7, 11) is 1.32. The van der Waals surface area contributed by atoms with Crippen LogP contribution in [0, 0.1) is 0 Å². The van der Waals surface area contributed by atoms with Crippen LogP contribution < -0.4 is 5.32 Å². The number of ketones is 1. The molecule has 1 N–H and O–H groups in total. The molecular weight excluding hydrogens is 418 g/mol. The maximum atomic E-state index is 12.5. The summed E-state index contributed by atoms with van der Waals surface area (Å²) in [6, 6.07) is 23.9. The number of nitrogens with one attached hydrogen (secondary N) is 1. The quantitative estimate of drug-likeness (QED) is 0.275. The number of benzene rings is 3. The molecule has 0 heterocycles. The van der Waals surface area contributed by atoms with Crippen molar-refractivity contribution in [3.8, 4) is 0 Å². The van der Waals surface area contributed by atoms with Crippen molar-refractivity contribution in [2.45, 2.75) is 19.4 Å². The molecule has 0 saturated heterocycles. The van der Waals surface area contributed by atoms with E-state index in [1.165, 1.54) is 7.11 Å². The molecule has 0 aliphatic rings. The predicted octanol–water partition coefficient (Wildman–Crippen LogP) is 3.77. The van der Waals surface area contributed by atoms with E-state index < -0.39 is 5.97 Å². The van der Waals surface area contributed by atoms with Gasteiger partial charge in [-0.1, -0.05) is 66.7 Å². The third kappa shape index (κ3) is 7.70. The molecule has 6 nitrogen and oxygen atoms in total. The molecule has 3 aromatic rings. The van der Waals surface area contributed by atoms with Crippen molar-refractivity contribution in [1.82, 2.24) is 5.32 Å². The first-order chi connectivity index (χ1) is 16.0. The van der Waals surface area contributed by atoms with Gasteiger partial charge < -0.3 is 14.8 Å². The molecule has 33 heavy (non-hydrogen) atoms. The van der Waals surface area contributed by atoms with Gasteiger partial charge in [0, 0.05) is 12.0 Å². The van der Waals surface area contributed by atoms with E-state index in [4.69, 9.17) is 4.74 Å². The van der Waals surface area contributed by atoms with Crippen LogP contribution in [0.4, 0.5) is 0 Å². The summed E-state index contributed by atoms with van der Waals surface area (Å²) < 4.78 is 9.90. The normalized spacial score (nSPS) is 10.5. The van der Waals surface area contributed by atoms with E-state index in [1.807, 2.05) is 54.6 Å². The van der Waals surface area contributed by atoms with Crippen LogP contribution in [0.5, 0.6) is 0 Å². The smallest absolute Gasteiger partial charge is 0.337 e. The molecule has 0 aromatic heterocycles. The van der Waals surface area contributed by atoms with E-state index in [0.717, 1.165) is 23.1 Å². The van der Waals surface area contributed by atoms with Gasteiger partial charge in [-0.3, -0.25) is 9.59 Å². The highest BCUT2D eigenvalue weighted by Gasteiger charge is 2.10. The average molecular weight is 446 g/mol. The zero-order chi connectivity index (χ0) is 23.5. The molecule has 170 valence electrons. The van der Waals surface area contributed by atoms with Gasteiger partial charge >= 0.3 is 11.9 Å². The molecule has 0 atom stereocenters. The van der Waals surface area contributed by atoms with Crippen LogP contribution in [0.1, 0.15) is 37.4 Å². The first-order valence-electron chi connectivity index (χ1n) is 10.7. The highest BCUT2D eigenvalue weighted by Crippen LogP contribution is 2.12. The number of methoxy groups -OCH3 is 1. The summed E-state index contributed by atoms with van der Waals surface area (Å²) in [6.45, 7) is 1.08. The monoisotopic (exact) mass is 445 g/mol. The fraction of sp³-hybridized carbons (Fsp3) is 0.222. The molecule has 3 aromatic carbocycles. The minimum Gasteiger partial charge on any atom is -0.465 e. The molecule has 0 spiro atoms. The second-order valence-corrected chi connectivity index (χ2v) is 7.56. The van der Waals surface area contributed by atoms with Crippen molar-refractivity contribution < 1.29 is 23.9 Å². The van der Waals surface area contributed by atoms with Crippen LogP contribution in [0.3, 0.4) is 0 Å². The maximum absolute atomic E-state index is 12.5. The zero-order valence-corrected chi connectivity index (χ0v) is 18.6. The molecule has 0 unspecified atom stereocenters. The molecule has 0 amide bonds. The van der Waals surface area contributed by atoms with Gasteiger partial charge in [-0.25, -0.2) is 4.79 Å². The Balaban J connectivity index is 1.38. The van der Waals surface area contributed by atoms with Crippen molar-refractivity contribution in [3.63, 3.8) is 0 Å². The number of carbonyl (C=O) groups is 3. The number of rotatable bonds is 11. The Labute approximate surface area is 193 Å². The highest BCUT2D eigenvalue weighted by atomic mass is 16.5. The Morgan fingerprint density at radius 3 is 2.06 bits per heavy atom. The molecule has 6 heteroatoms. The maximum Gasteiger partial charge on any atom is 0.337 e. The van der Waals surface area contributed by atoms with Crippen molar-refractivity contribution >= 4 is 17.7 Å². The van der Waals surface area contributed by atoms with Crippen molar-refractivity contribution in [2.24, 2.45) is 0 Å². The predicted molar refractivity (Wildman–Crippen MR) is 125 cm³/mol. The second kappa shape index (κ2) is 12.3. The molecular formula is C27H27NO5. The average Bonchev–Trinajstić information content (AvgIpc) is 2.86. The fourth-order valence-corrected chi connectivity index (χ4v) is 3.23. The van der Waals surface area contributed by atoms with Crippen LogP contribution in [0.25, 0.3) is 0 Å².